The zero-order chi connectivity index (χ0) is 18.0. The van der Waals surface area contributed by atoms with Gasteiger partial charge in [0.15, 0.2) is 5.69 Å². The number of halogens is 1. The summed E-state index contributed by atoms with van der Waals surface area (Å²) in [6.45, 7) is 3.91. The second-order valence-corrected chi connectivity index (χ2v) is 6.57. The maximum absolute atomic E-state index is 12.1. The highest BCUT2D eigenvalue weighted by atomic mass is 35.5. The van der Waals surface area contributed by atoms with Crippen LogP contribution in [0.15, 0.2) is 36.5 Å². The summed E-state index contributed by atoms with van der Waals surface area (Å²) < 4.78 is 7.46. The van der Waals surface area contributed by atoms with Gasteiger partial charge in [0.05, 0.1) is 18.8 Å². The molecule has 0 spiro atoms. The quantitative estimate of drug-likeness (QED) is 0.639. The number of unbranched alkanes of at least 4 members (excludes halogenated alkanes) is 1. The average molecular weight is 394 g/mol. The maximum atomic E-state index is 12.1. The standard InChI is InChI=1S/C19H27N5O2.ClH/c25-19(18-14-24(23-22-18)17-8-11-20-12-9-17)21-10-4-5-13-26-15-16-6-2-1-3-7-16;/h1-3,6-7,14,17,20H,4-5,8-13,15H2,(H,21,25);1H. The molecule has 0 unspecified atom stereocenters. The summed E-state index contributed by atoms with van der Waals surface area (Å²) >= 11 is 0. The highest BCUT2D eigenvalue weighted by Crippen LogP contribution is 2.16. The van der Waals surface area contributed by atoms with Crippen molar-refractivity contribution in [1.82, 2.24) is 25.6 Å². The summed E-state index contributed by atoms with van der Waals surface area (Å²) in [6.07, 6.45) is 5.59. The van der Waals surface area contributed by atoms with Gasteiger partial charge in [-0.2, -0.15) is 0 Å². The van der Waals surface area contributed by atoms with E-state index in [1.807, 2.05) is 22.9 Å². The van der Waals surface area contributed by atoms with E-state index in [2.05, 4.69) is 33.1 Å². The summed E-state index contributed by atoms with van der Waals surface area (Å²) in [5.41, 5.74) is 1.57. The van der Waals surface area contributed by atoms with Gasteiger partial charge in [-0.1, -0.05) is 35.5 Å². The smallest absolute Gasteiger partial charge is 0.273 e. The molecule has 1 saturated heterocycles. The minimum atomic E-state index is -0.157. The number of carbonyl (C=O) groups is 1. The summed E-state index contributed by atoms with van der Waals surface area (Å²) in [6, 6.07) is 10.5. The third-order valence-electron chi connectivity index (χ3n) is 4.54. The molecule has 2 N–H and O–H groups in total. The lowest BCUT2D eigenvalue weighted by molar-refractivity contribution is 0.0941. The fraction of sp³-hybridized carbons (Fsp3) is 0.526. The molecule has 1 aliphatic rings. The Kier molecular flexibility index (Phi) is 9.24. The van der Waals surface area contributed by atoms with Crippen LogP contribution in [-0.2, 0) is 11.3 Å². The molecule has 1 aliphatic heterocycles. The van der Waals surface area contributed by atoms with E-state index < -0.39 is 0 Å². The number of rotatable bonds is 9. The third kappa shape index (κ3) is 6.93. The molecule has 0 bridgehead atoms. The van der Waals surface area contributed by atoms with E-state index in [0.29, 0.717) is 31.5 Å². The van der Waals surface area contributed by atoms with Crippen LogP contribution in [0.1, 0.15) is 47.8 Å². The van der Waals surface area contributed by atoms with E-state index in [-0.39, 0.29) is 18.3 Å². The third-order valence-corrected chi connectivity index (χ3v) is 4.54. The molecule has 0 saturated carbocycles. The van der Waals surface area contributed by atoms with Crippen LogP contribution in [0.3, 0.4) is 0 Å². The first-order chi connectivity index (χ1) is 12.8. The molecule has 7 nitrogen and oxygen atoms in total. The van der Waals surface area contributed by atoms with Crippen molar-refractivity contribution in [3.8, 4) is 0 Å². The van der Waals surface area contributed by atoms with Crippen LogP contribution in [0.25, 0.3) is 0 Å². The van der Waals surface area contributed by atoms with Crippen LogP contribution in [0.5, 0.6) is 0 Å². The predicted molar refractivity (Wildman–Crippen MR) is 106 cm³/mol. The number of ether oxygens (including phenoxy) is 1. The van der Waals surface area contributed by atoms with Gasteiger partial charge >= 0.3 is 0 Å². The van der Waals surface area contributed by atoms with Gasteiger partial charge in [-0.05, 0) is 44.3 Å². The Hall–Kier alpha value is -1.96. The molecule has 1 amide bonds. The molecule has 2 aromatic rings. The predicted octanol–water partition coefficient (Wildman–Crippen LogP) is 2.35. The Morgan fingerprint density at radius 3 is 2.78 bits per heavy atom. The highest BCUT2D eigenvalue weighted by Gasteiger charge is 2.18. The van der Waals surface area contributed by atoms with Crippen molar-refractivity contribution in [2.24, 2.45) is 0 Å². The van der Waals surface area contributed by atoms with Crippen LogP contribution < -0.4 is 10.6 Å². The van der Waals surface area contributed by atoms with Crippen molar-refractivity contribution in [2.45, 2.75) is 38.3 Å². The van der Waals surface area contributed by atoms with Gasteiger partial charge in [-0.25, -0.2) is 4.68 Å². The number of amides is 1. The number of aromatic nitrogens is 3. The lowest BCUT2D eigenvalue weighted by Crippen LogP contribution is -2.29. The number of carbonyl (C=O) groups excluding carboxylic acids is 1. The first-order valence-electron chi connectivity index (χ1n) is 9.35. The minimum Gasteiger partial charge on any atom is -0.377 e. The number of benzene rings is 1. The molecule has 1 aromatic carbocycles. The molecule has 27 heavy (non-hydrogen) atoms. The van der Waals surface area contributed by atoms with Crippen LogP contribution in [-0.4, -0.2) is 47.1 Å². The van der Waals surface area contributed by atoms with Crippen molar-refractivity contribution >= 4 is 18.3 Å². The van der Waals surface area contributed by atoms with Gasteiger partial charge < -0.3 is 15.4 Å². The highest BCUT2D eigenvalue weighted by molar-refractivity contribution is 5.91. The van der Waals surface area contributed by atoms with E-state index in [9.17, 15) is 4.79 Å². The summed E-state index contributed by atoms with van der Waals surface area (Å²) in [7, 11) is 0. The lowest BCUT2D eigenvalue weighted by Gasteiger charge is -2.22. The largest absolute Gasteiger partial charge is 0.377 e. The minimum absolute atomic E-state index is 0. The molecule has 3 rings (SSSR count). The van der Waals surface area contributed by atoms with E-state index >= 15 is 0 Å². The van der Waals surface area contributed by atoms with Crippen molar-refractivity contribution in [3.63, 3.8) is 0 Å². The van der Waals surface area contributed by atoms with Gasteiger partial charge in [0.25, 0.3) is 5.91 Å². The summed E-state index contributed by atoms with van der Waals surface area (Å²) in [5.74, 6) is -0.157. The second kappa shape index (κ2) is 11.7. The molecule has 1 fully saturated rings. The fourth-order valence-corrected chi connectivity index (χ4v) is 3.02. The number of hydrogen-bond donors (Lipinski definition) is 2. The van der Waals surface area contributed by atoms with Gasteiger partial charge in [-0.15, -0.1) is 17.5 Å². The SMILES string of the molecule is Cl.O=C(NCCCCOCc1ccccc1)c1cn(C2CCNCC2)nn1. The van der Waals surface area contributed by atoms with Gasteiger partial charge in [0.2, 0.25) is 0 Å². The Bertz CT molecular complexity index is 674. The Morgan fingerprint density at radius 1 is 1.22 bits per heavy atom. The van der Waals surface area contributed by atoms with Crippen molar-refractivity contribution < 1.29 is 9.53 Å². The summed E-state index contributed by atoms with van der Waals surface area (Å²) in [4.78, 5) is 12.1. The van der Waals surface area contributed by atoms with Crippen LogP contribution in [0, 0.1) is 0 Å². The second-order valence-electron chi connectivity index (χ2n) is 6.57. The van der Waals surface area contributed by atoms with Crippen molar-refractivity contribution in [3.05, 3.63) is 47.8 Å². The molecule has 0 atom stereocenters. The van der Waals surface area contributed by atoms with Crippen LogP contribution in [0.2, 0.25) is 0 Å². The maximum Gasteiger partial charge on any atom is 0.273 e. The van der Waals surface area contributed by atoms with Crippen LogP contribution >= 0.6 is 12.4 Å². The molecule has 0 aliphatic carbocycles. The molecule has 1 aromatic heterocycles. The first kappa shape index (κ1) is 21.3. The monoisotopic (exact) mass is 393 g/mol. The van der Waals surface area contributed by atoms with Gasteiger partial charge in [0, 0.05) is 13.2 Å². The Morgan fingerprint density at radius 2 is 2.00 bits per heavy atom. The van der Waals surface area contributed by atoms with E-state index in [4.69, 9.17) is 4.74 Å². The van der Waals surface area contributed by atoms with Crippen molar-refractivity contribution in [1.29, 1.82) is 0 Å². The van der Waals surface area contributed by atoms with E-state index in [1.54, 1.807) is 6.20 Å². The van der Waals surface area contributed by atoms with E-state index in [1.165, 1.54) is 5.56 Å². The molecule has 8 heteroatoms. The van der Waals surface area contributed by atoms with Gasteiger partial charge in [0.1, 0.15) is 0 Å². The van der Waals surface area contributed by atoms with Crippen molar-refractivity contribution in [2.75, 3.05) is 26.2 Å². The number of piperidine rings is 1. The first-order valence-corrected chi connectivity index (χ1v) is 9.35. The molecule has 148 valence electrons. The summed E-state index contributed by atoms with van der Waals surface area (Å²) in [5, 5.41) is 14.3. The number of nitrogens with zero attached hydrogens (tertiary/aromatic N) is 3. The number of nitrogens with one attached hydrogen (secondary N) is 2. The lowest BCUT2D eigenvalue weighted by atomic mass is 10.1. The molecular formula is C19H28ClN5O2. The zero-order valence-electron chi connectivity index (χ0n) is 15.5. The fourth-order valence-electron chi connectivity index (χ4n) is 3.02. The molecular weight excluding hydrogens is 366 g/mol. The van der Waals surface area contributed by atoms with E-state index in [0.717, 1.165) is 38.8 Å². The zero-order valence-corrected chi connectivity index (χ0v) is 16.3. The average Bonchev–Trinajstić information content (AvgIpc) is 3.19. The number of hydrogen-bond acceptors (Lipinski definition) is 5. The van der Waals surface area contributed by atoms with Crippen LogP contribution in [0.4, 0.5) is 0 Å². The Balaban J connectivity index is 0.00000261. The molecule has 0 radical (unpaired) electrons. The van der Waals surface area contributed by atoms with Gasteiger partial charge in [-0.3, -0.25) is 4.79 Å². The Labute approximate surface area is 166 Å². The normalized spacial score (nSPS) is 14.5. The topological polar surface area (TPSA) is 81.1 Å². The molecule has 2 heterocycles.